The molecule has 0 spiro atoms. The summed E-state index contributed by atoms with van der Waals surface area (Å²) in [6.07, 6.45) is 1.29. The van der Waals surface area contributed by atoms with Gasteiger partial charge >= 0.3 is 11.6 Å². The van der Waals surface area contributed by atoms with Crippen molar-refractivity contribution in [3.8, 4) is 5.88 Å². The molecule has 0 bridgehead atoms. The average molecular weight is 214 g/mol. The Hall–Kier alpha value is -1.63. The van der Waals surface area contributed by atoms with Gasteiger partial charge < -0.3 is 10.5 Å². The van der Waals surface area contributed by atoms with Crippen molar-refractivity contribution >= 4 is 5.69 Å². The number of nitro groups is 1. The average Bonchev–Trinajstić information content (AvgIpc) is 2.42. The summed E-state index contributed by atoms with van der Waals surface area (Å²) in [7, 11) is 1.59. The van der Waals surface area contributed by atoms with Crippen molar-refractivity contribution in [3.05, 3.63) is 16.3 Å². The molecule has 0 saturated carbocycles. The Bertz CT molecular complexity index is 366. The molecule has 2 N–H and O–H groups in total. The van der Waals surface area contributed by atoms with Gasteiger partial charge in [0.1, 0.15) is 12.8 Å². The van der Waals surface area contributed by atoms with Crippen molar-refractivity contribution in [1.82, 2.24) is 9.78 Å². The van der Waals surface area contributed by atoms with Gasteiger partial charge in [-0.05, 0) is 13.8 Å². The lowest BCUT2D eigenvalue weighted by molar-refractivity contribution is -0.386. The van der Waals surface area contributed by atoms with Crippen LogP contribution in [-0.4, -0.2) is 26.8 Å². The highest BCUT2D eigenvalue weighted by Crippen LogP contribution is 2.24. The molecule has 7 nitrogen and oxygen atoms in total. The molecule has 0 fully saturated rings. The summed E-state index contributed by atoms with van der Waals surface area (Å²) in [5.41, 5.74) is 4.99. The van der Waals surface area contributed by atoms with E-state index in [1.807, 2.05) is 0 Å². The third kappa shape index (κ3) is 3.21. The number of rotatable bonds is 4. The molecule has 0 amide bonds. The van der Waals surface area contributed by atoms with Crippen LogP contribution in [0.15, 0.2) is 6.20 Å². The lowest BCUT2D eigenvalue weighted by atomic mass is 10.1. The second-order valence-corrected chi connectivity index (χ2v) is 4.03. The molecule has 0 aliphatic carbocycles. The summed E-state index contributed by atoms with van der Waals surface area (Å²) < 4.78 is 6.52. The maximum atomic E-state index is 10.6. The van der Waals surface area contributed by atoms with Crippen molar-refractivity contribution < 1.29 is 9.66 Å². The summed E-state index contributed by atoms with van der Waals surface area (Å²) in [6, 6.07) is 0. The third-order valence-electron chi connectivity index (χ3n) is 1.55. The lowest BCUT2D eigenvalue weighted by Gasteiger charge is -2.17. The molecular weight excluding hydrogens is 200 g/mol. The zero-order valence-corrected chi connectivity index (χ0v) is 8.93. The van der Waals surface area contributed by atoms with E-state index in [0.717, 1.165) is 0 Å². The highest BCUT2D eigenvalue weighted by atomic mass is 16.6. The molecule has 1 rings (SSSR count). The van der Waals surface area contributed by atoms with E-state index in [1.54, 1.807) is 20.9 Å². The first-order valence-corrected chi connectivity index (χ1v) is 4.39. The number of aryl methyl sites for hydroxylation is 1. The van der Waals surface area contributed by atoms with Gasteiger partial charge in [0.15, 0.2) is 0 Å². The van der Waals surface area contributed by atoms with Gasteiger partial charge in [0, 0.05) is 12.6 Å². The highest BCUT2D eigenvalue weighted by Gasteiger charge is 2.22. The minimum Gasteiger partial charge on any atom is -0.470 e. The fourth-order valence-electron chi connectivity index (χ4n) is 0.938. The van der Waals surface area contributed by atoms with Crippen molar-refractivity contribution in [2.24, 2.45) is 12.8 Å². The second-order valence-electron chi connectivity index (χ2n) is 4.03. The van der Waals surface area contributed by atoms with Gasteiger partial charge in [-0.3, -0.25) is 14.8 Å². The van der Waals surface area contributed by atoms with Gasteiger partial charge in [-0.1, -0.05) is 0 Å². The highest BCUT2D eigenvalue weighted by molar-refractivity contribution is 5.38. The van der Waals surface area contributed by atoms with Crippen LogP contribution in [0.5, 0.6) is 5.88 Å². The number of nitrogens with two attached hydrogens (primary N) is 1. The van der Waals surface area contributed by atoms with Gasteiger partial charge in [0.05, 0.1) is 4.92 Å². The van der Waals surface area contributed by atoms with Gasteiger partial charge in [-0.15, -0.1) is 5.10 Å². The second kappa shape index (κ2) is 3.85. The molecule has 15 heavy (non-hydrogen) atoms. The van der Waals surface area contributed by atoms with Crippen LogP contribution in [0.25, 0.3) is 0 Å². The molecule has 1 aromatic heterocycles. The zero-order chi connectivity index (χ0) is 11.6. The van der Waals surface area contributed by atoms with Crippen LogP contribution in [0.2, 0.25) is 0 Å². The number of hydrogen-bond donors (Lipinski definition) is 1. The normalized spacial score (nSPS) is 11.5. The van der Waals surface area contributed by atoms with Crippen LogP contribution in [0.3, 0.4) is 0 Å². The SMILES string of the molecule is Cn1cc([N+](=O)[O-])c(OCC(C)(C)N)n1. The first-order valence-electron chi connectivity index (χ1n) is 4.39. The molecule has 7 heteroatoms. The fraction of sp³-hybridized carbons (Fsp3) is 0.625. The minimum absolute atomic E-state index is 0.000949. The maximum Gasteiger partial charge on any atom is 0.350 e. The number of aromatic nitrogens is 2. The Morgan fingerprint density at radius 2 is 2.33 bits per heavy atom. The van der Waals surface area contributed by atoms with Gasteiger partial charge in [0.2, 0.25) is 0 Å². The van der Waals surface area contributed by atoms with E-state index in [0.29, 0.717) is 0 Å². The summed E-state index contributed by atoms with van der Waals surface area (Å²) in [5, 5.41) is 14.4. The first kappa shape index (κ1) is 11.4. The molecule has 0 unspecified atom stereocenters. The molecule has 0 aromatic carbocycles. The van der Waals surface area contributed by atoms with E-state index in [9.17, 15) is 10.1 Å². The van der Waals surface area contributed by atoms with Crippen LogP contribution in [0, 0.1) is 10.1 Å². The Balaban J connectivity index is 2.80. The van der Waals surface area contributed by atoms with E-state index in [-0.39, 0.29) is 18.2 Å². The molecule has 0 saturated heterocycles. The standard InChI is InChI=1S/C8H14N4O3/c1-8(2,9)5-15-7-6(12(13)14)4-11(3)10-7/h4H,5,9H2,1-3H3. The molecule has 1 heterocycles. The fourth-order valence-corrected chi connectivity index (χ4v) is 0.938. The largest absolute Gasteiger partial charge is 0.470 e. The Kier molecular flexibility index (Phi) is 2.94. The van der Waals surface area contributed by atoms with E-state index in [4.69, 9.17) is 10.5 Å². The molecule has 0 aliphatic heterocycles. The van der Waals surface area contributed by atoms with Crippen LogP contribution in [0.4, 0.5) is 5.69 Å². The number of hydrogen-bond acceptors (Lipinski definition) is 5. The van der Waals surface area contributed by atoms with E-state index < -0.39 is 10.5 Å². The van der Waals surface area contributed by atoms with Crippen molar-refractivity contribution in [1.29, 1.82) is 0 Å². The number of ether oxygens (including phenoxy) is 1. The van der Waals surface area contributed by atoms with Gasteiger partial charge in [-0.25, -0.2) is 0 Å². The third-order valence-corrected chi connectivity index (χ3v) is 1.55. The van der Waals surface area contributed by atoms with Crippen molar-refractivity contribution in [3.63, 3.8) is 0 Å². The predicted octanol–water partition coefficient (Wildman–Crippen LogP) is 0.444. The number of nitrogens with zero attached hydrogens (tertiary/aromatic N) is 3. The summed E-state index contributed by atoms with van der Waals surface area (Å²) >= 11 is 0. The van der Waals surface area contributed by atoms with E-state index >= 15 is 0 Å². The van der Waals surface area contributed by atoms with E-state index in [2.05, 4.69) is 5.10 Å². The summed E-state index contributed by atoms with van der Waals surface area (Å²) in [4.78, 5) is 10.1. The molecule has 0 atom stereocenters. The van der Waals surface area contributed by atoms with Crippen molar-refractivity contribution in [2.45, 2.75) is 19.4 Å². The maximum absolute atomic E-state index is 10.6. The Morgan fingerprint density at radius 3 is 2.80 bits per heavy atom. The topological polar surface area (TPSA) is 96.2 Å². The lowest BCUT2D eigenvalue weighted by Crippen LogP contribution is -2.38. The molecule has 0 aliphatic rings. The predicted molar refractivity (Wildman–Crippen MR) is 53.6 cm³/mol. The van der Waals surface area contributed by atoms with Crippen LogP contribution in [-0.2, 0) is 7.05 Å². The Morgan fingerprint density at radius 1 is 1.73 bits per heavy atom. The first-order chi connectivity index (χ1) is 6.79. The monoisotopic (exact) mass is 214 g/mol. The molecular formula is C8H14N4O3. The van der Waals surface area contributed by atoms with Crippen LogP contribution >= 0.6 is 0 Å². The van der Waals surface area contributed by atoms with Crippen LogP contribution < -0.4 is 10.5 Å². The molecule has 0 radical (unpaired) electrons. The molecule has 84 valence electrons. The van der Waals surface area contributed by atoms with Gasteiger partial charge in [0.25, 0.3) is 0 Å². The molecule has 1 aromatic rings. The van der Waals surface area contributed by atoms with E-state index in [1.165, 1.54) is 10.9 Å². The smallest absolute Gasteiger partial charge is 0.350 e. The summed E-state index contributed by atoms with van der Waals surface area (Å²) in [6.45, 7) is 3.70. The van der Waals surface area contributed by atoms with Crippen LogP contribution in [0.1, 0.15) is 13.8 Å². The van der Waals surface area contributed by atoms with Crippen molar-refractivity contribution in [2.75, 3.05) is 6.61 Å². The minimum atomic E-state index is -0.550. The Labute approximate surface area is 87.0 Å². The quantitative estimate of drug-likeness (QED) is 0.579. The summed E-state index contributed by atoms with van der Waals surface area (Å²) in [5.74, 6) is 0.000949. The van der Waals surface area contributed by atoms with Gasteiger partial charge in [-0.2, -0.15) is 0 Å². The zero-order valence-electron chi connectivity index (χ0n) is 8.93.